The van der Waals surface area contributed by atoms with E-state index in [4.69, 9.17) is 14.3 Å². The summed E-state index contributed by atoms with van der Waals surface area (Å²) < 4.78 is 15.2. The summed E-state index contributed by atoms with van der Waals surface area (Å²) in [5.41, 5.74) is 1.29. The normalized spacial score (nSPS) is 23.1. The van der Waals surface area contributed by atoms with Gasteiger partial charge in [-0.1, -0.05) is 51.9 Å². The van der Waals surface area contributed by atoms with Gasteiger partial charge >= 0.3 is 0 Å². The maximum Gasteiger partial charge on any atom is 0.259 e. The average molecular weight is 427 g/mol. The quantitative estimate of drug-likeness (QED) is 0.253. The molecule has 0 saturated carbocycles. The van der Waals surface area contributed by atoms with Crippen LogP contribution in [0.25, 0.3) is 0 Å². The van der Waals surface area contributed by atoms with Gasteiger partial charge in [0.25, 0.3) is 8.53 Å². The van der Waals surface area contributed by atoms with Crippen LogP contribution in [-0.4, -0.2) is 34.2 Å². The molecule has 0 bridgehead atoms. The SMILES string of the molecule is CC(C)N(C(C)C)P(OCCC#N)O[C@@H]1[C@H](c2ccccc2)SSC1(C)C. The minimum Gasteiger partial charge on any atom is -0.321 e. The van der Waals surface area contributed by atoms with Crippen LogP contribution in [0, 0.1) is 11.3 Å². The van der Waals surface area contributed by atoms with Crippen molar-refractivity contribution in [1.29, 1.82) is 5.26 Å². The molecule has 7 heteroatoms. The lowest BCUT2D eigenvalue weighted by molar-refractivity contribution is 0.114. The van der Waals surface area contributed by atoms with Crippen LogP contribution < -0.4 is 0 Å². The molecular formula is C20H31N2O2PS2. The van der Waals surface area contributed by atoms with E-state index in [0.29, 0.717) is 25.1 Å². The first-order chi connectivity index (χ1) is 12.8. The third-order valence-electron chi connectivity index (χ3n) is 4.32. The molecule has 1 aliphatic heterocycles. The minimum atomic E-state index is -1.25. The Bertz CT molecular complexity index is 614. The first-order valence-electron chi connectivity index (χ1n) is 9.42. The number of rotatable bonds is 9. The zero-order valence-electron chi connectivity index (χ0n) is 17.1. The molecule has 1 saturated heterocycles. The van der Waals surface area contributed by atoms with Crippen LogP contribution in [0.15, 0.2) is 30.3 Å². The molecule has 0 amide bonds. The van der Waals surface area contributed by atoms with Crippen LogP contribution in [0.5, 0.6) is 0 Å². The first-order valence-corrected chi connectivity index (χ1v) is 12.8. The maximum absolute atomic E-state index is 8.91. The van der Waals surface area contributed by atoms with E-state index in [1.165, 1.54) is 5.56 Å². The van der Waals surface area contributed by atoms with Gasteiger partial charge in [-0.25, -0.2) is 4.67 Å². The summed E-state index contributed by atoms with van der Waals surface area (Å²) in [7, 11) is 2.52. The van der Waals surface area contributed by atoms with E-state index in [9.17, 15) is 0 Å². The third-order valence-corrected chi connectivity index (χ3v) is 10.1. The van der Waals surface area contributed by atoms with Crippen LogP contribution in [0.3, 0.4) is 0 Å². The lowest BCUT2D eigenvalue weighted by Crippen LogP contribution is -2.39. The zero-order valence-corrected chi connectivity index (χ0v) is 19.6. The van der Waals surface area contributed by atoms with Crippen LogP contribution >= 0.6 is 30.1 Å². The summed E-state index contributed by atoms with van der Waals surface area (Å²) >= 11 is 0. The van der Waals surface area contributed by atoms with Crippen molar-refractivity contribution in [2.75, 3.05) is 6.61 Å². The molecule has 0 N–H and O–H groups in total. The molecule has 0 aromatic heterocycles. The standard InChI is InChI=1S/C20H31N2O2PS2/c1-15(2)22(16(3)4)25(23-14-10-13-21)24-19-18(26-27-20(19,5)6)17-11-8-7-9-12-17/h7-9,11-12,15-16,18-19H,10,14H2,1-6H3/t18-,19+,25?/m0/s1. The van der Waals surface area contributed by atoms with Crippen LogP contribution in [0.1, 0.15) is 58.8 Å². The summed E-state index contributed by atoms with van der Waals surface area (Å²) in [5, 5.41) is 9.17. The van der Waals surface area contributed by atoms with E-state index in [-0.39, 0.29) is 16.1 Å². The number of hydrogen-bond donors (Lipinski definition) is 0. The van der Waals surface area contributed by atoms with Gasteiger partial charge in [0.15, 0.2) is 0 Å². The van der Waals surface area contributed by atoms with Crippen LogP contribution in [0.2, 0.25) is 0 Å². The fourth-order valence-corrected chi connectivity index (χ4v) is 8.58. The second-order valence-electron chi connectivity index (χ2n) is 7.69. The zero-order chi connectivity index (χ0) is 20.0. The molecule has 2 rings (SSSR count). The van der Waals surface area contributed by atoms with Crippen molar-refractivity contribution in [2.45, 2.75) is 76.1 Å². The first kappa shape index (κ1) is 23.0. The van der Waals surface area contributed by atoms with Gasteiger partial charge in [-0.05, 0) is 47.1 Å². The smallest absolute Gasteiger partial charge is 0.259 e. The fraction of sp³-hybridized carbons (Fsp3) is 0.650. The highest BCUT2D eigenvalue weighted by atomic mass is 33.1. The lowest BCUT2D eigenvalue weighted by Gasteiger charge is -2.39. The van der Waals surface area contributed by atoms with Gasteiger partial charge in [0.05, 0.1) is 30.5 Å². The summed E-state index contributed by atoms with van der Waals surface area (Å²) in [6, 6.07) is 13.4. The third kappa shape index (κ3) is 6.10. The van der Waals surface area contributed by atoms with Crippen LogP contribution in [-0.2, 0) is 9.05 Å². The topological polar surface area (TPSA) is 45.5 Å². The van der Waals surface area contributed by atoms with Gasteiger partial charge in [0, 0.05) is 16.8 Å². The molecule has 1 fully saturated rings. The monoisotopic (exact) mass is 426 g/mol. The van der Waals surface area contributed by atoms with E-state index >= 15 is 0 Å². The van der Waals surface area contributed by atoms with Crippen molar-refractivity contribution < 1.29 is 9.05 Å². The Hall–Kier alpha value is -0.280. The Morgan fingerprint density at radius 2 is 1.81 bits per heavy atom. The van der Waals surface area contributed by atoms with Crippen molar-refractivity contribution in [3.8, 4) is 6.07 Å². The summed E-state index contributed by atoms with van der Waals surface area (Å²) in [4.78, 5) is 0. The molecule has 4 nitrogen and oxygen atoms in total. The summed E-state index contributed by atoms with van der Waals surface area (Å²) in [6.45, 7) is 13.6. The van der Waals surface area contributed by atoms with Gasteiger partial charge in [-0.2, -0.15) is 5.26 Å². The van der Waals surface area contributed by atoms with Crippen molar-refractivity contribution in [3.05, 3.63) is 35.9 Å². The lowest BCUT2D eigenvalue weighted by atomic mass is 9.98. The van der Waals surface area contributed by atoms with Crippen molar-refractivity contribution in [3.63, 3.8) is 0 Å². The van der Waals surface area contributed by atoms with Crippen molar-refractivity contribution >= 4 is 30.1 Å². The highest BCUT2D eigenvalue weighted by Crippen LogP contribution is 2.63. The molecule has 0 radical (unpaired) electrons. The molecule has 150 valence electrons. The highest BCUT2D eigenvalue weighted by molar-refractivity contribution is 8.77. The Morgan fingerprint density at radius 1 is 1.19 bits per heavy atom. The number of nitriles is 1. The Morgan fingerprint density at radius 3 is 2.37 bits per heavy atom. The molecular weight excluding hydrogens is 395 g/mol. The number of benzene rings is 1. The molecule has 0 aliphatic carbocycles. The molecule has 1 heterocycles. The van der Waals surface area contributed by atoms with Crippen LogP contribution in [0.4, 0.5) is 0 Å². The molecule has 1 aliphatic rings. The predicted octanol–water partition coefficient (Wildman–Crippen LogP) is 6.56. The fourth-order valence-electron chi connectivity index (χ4n) is 3.08. The Kier molecular flexibility index (Phi) is 8.93. The van der Waals surface area contributed by atoms with E-state index in [0.717, 1.165) is 0 Å². The summed E-state index contributed by atoms with van der Waals surface area (Å²) in [6.07, 6.45) is 0.411. The van der Waals surface area contributed by atoms with Gasteiger partial charge in [0.2, 0.25) is 0 Å². The van der Waals surface area contributed by atoms with Gasteiger partial charge < -0.3 is 9.05 Å². The molecule has 1 unspecified atom stereocenters. The predicted molar refractivity (Wildman–Crippen MR) is 119 cm³/mol. The van der Waals surface area contributed by atoms with Crippen molar-refractivity contribution in [1.82, 2.24) is 4.67 Å². The molecule has 1 aromatic carbocycles. The Balaban J connectivity index is 2.27. The average Bonchev–Trinajstić information content (AvgIpc) is 2.90. The van der Waals surface area contributed by atoms with E-state index in [1.807, 2.05) is 21.6 Å². The van der Waals surface area contributed by atoms with E-state index < -0.39 is 8.53 Å². The largest absolute Gasteiger partial charge is 0.321 e. The van der Waals surface area contributed by atoms with Gasteiger partial charge in [-0.15, -0.1) is 0 Å². The second kappa shape index (κ2) is 10.5. The molecule has 0 spiro atoms. The number of hydrogen-bond acceptors (Lipinski definition) is 6. The minimum absolute atomic E-state index is 0.0238. The summed E-state index contributed by atoms with van der Waals surface area (Å²) in [5.74, 6) is 0. The van der Waals surface area contributed by atoms with Gasteiger partial charge in [0.1, 0.15) is 0 Å². The number of nitrogens with zero attached hydrogens (tertiary/aromatic N) is 2. The van der Waals surface area contributed by atoms with Crippen molar-refractivity contribution in [2.24, 2.45) is 0 Å². The van der Waals surface area contributed by atoms with E-state index in [2.05, 4.69) is 82.6 Å². The maximum atomic E-state index is 8.91. The Labute approximate surface area is 173 Å². The van der Waals surface area contributed by atoms with Gasteiger partial charge in [-0.3, -0.25) is 0 Å². The van der Waals surface area contributed by atoms with E-state index in [1.54, 1.807) is 0 Å². The highest BCUT2D eigenvalue weighted by Gasteiger charge is 2.48. The molecule has 27 heavy (non-hydrogen) atoms. The second-order valence-corrected chi connectivity index (χ2v) is 12.1. The molecule has 1 aromatic rings. The molecule has 3 atom stereocenters.